The van der Waals surface area contributed by atoms with Crippen molar-refractivity contribution in [3.63, 3.8) is 0 Å². The minimum Gasteiger partial charge on any atom is -0.381 e. The minimum atomic E-state index is -0.403. The smallest absolute Gasteiger partial charge is 0.274 e. The first-order chi connectivity index (χ1) is 12.1. The molecule has 2 N–H and O–H groups in total. The number of carbonyl (C=O) groups is 1. The van der Waals surface area contributed by atoms with Crippen LogP contribution < -0.4 is 10.6 Å². The average molecular weight is 335 g/mol. The Labute approximate surface area is 145 Å². The SMILES string of the molecule is Cc1ccccc1CNc1ccnc(C(=O)Nc2cccc(F)c2)c1. The number of rotatable bonds is 5. The van der Waals surface area contributed by atoms with Crippen molar-refractivity contribution < 1.29 is 9.18 Å². The number of carbonyl (C=O) groups excluding carboxylic acids is 1. The Morgan fingerprint density at radius 1 is 1.04 bits per heavy atom. The number of anilines is 2. The second kappa shape index (κ2) is 7.57. The van der Waals surface area contributed by atoms with Crippen LogP contribution in [0.5, 0.6) is 0 Å². The Morgan fingerprint density at radius 2 is 1.88 bits per heavy atom. The van der Waals surface area contributed by atoms with Crippen LogP contribution in [0.1, 0.15) is 21.6 Å². The van der Waals surface area contributed by atoms with Crippen molar-refractivity contribution in [3.8, 4) is 0 Å². The van der Waals surface area contributed by atoms with Crippen molar-refractivity contribution in [1.82, 2.24) is 4.98 Å². The topological polar surface area (TPSA) is 54.0 Å². The average Bonchev–Trinajstić information content (AvgIpc) is 2.61. The number of nitrogens with one attached hydrogen (secondary N) is 2. The molecule has 0 fully saturated rings. The number of amides is 1. The zero-order valence-electron chi connectivity index (χ0n) is 13.8. The summed E-state index contributed by atoms with van der Waals surface area (Å²) in [5.41, 5.74) is 3.84. The molecule has 0 aliphatic carbocycles. The number of aromatic nitrogens is 1. The molecule has 2 aromatic carbocycles. The molecule has 0 atom stereocenters. The van der Waals surface area contributed by atoms with E-state index in [-0.39, 0.29) is 11.6 Å². The van der Waals surface area contributed by atoms with Crippen LogP contribution in [0.2, 0.25) is 0 Å². The molecule has 0 unspecified atom stereocenters. The third-order valence-corrected chi connectivity index (χ3v) is 3.82. The van der Waals surface area contributed by atoms with Crippen LogP contribution in [-0.4, -0.2) is 10.9 Å². The number of benzene rings is 2. The van der Waals surface area contributed by atoms with Gasteiger partial charge < -0.3 is 10.6 Å². The molecule has 1 aromatic heterocycles. The van der Waals surface area contributed by atoms with Crippen LogP contribution >= 0.6 is 0 Å². The van der Waals surface area contributed by atoms with Gasteiger partial charge in [-0.25, -0.2) is 4.39 Å². The fraction of sp³-hybridized carbons (Fsp3) is 0.100. The van der Waals surface area contributed by atoms with E-state index >= 15 is 0 Å². The third kappa shape index (κ3) is 4.41. The van der Waals surface area contributed by atoms with E-state index in [1.165, 1.54) is 23.3 Å². The van der Waals surface area contributed by atoms with Crippen LogP contribution in [0.4, 0.5) is 15.8 Å². The van der Waals surface area contributed by atoms with Crippen molar-refractivity contribution in [3.05, 3.63) is 89.5 Å². The maximum Gasteiger partial charge on any atom is 0.274 e. The van der Waals surface area contributed by atoms with E-state index in [9.17, 15) is 9.18 Å². The molecular weight excluding hydrogens is 317 g/mol. The number of pyridine rings is 1. The van der Waals surface area contributed by atoms with Gasteiger partial charge in [-0.15, -0.1) is 0 Å². The molecule has 0 saturated carbocycles. The third-order valence-electron chi connectivity index (χ3n) is 3.82. The molecule has 0 spiro atoms. The van der Waals surface area contributed by atoms with Crippen LogP contribution in [0.15, 0.2) is 66.9 Å². The number of nitrogens with zero attached hydrogens (tertiary/aromatic N) is 1. The summed E-state index contributed by atoms with van der Waals surface area (Å²) < 4.78 is 13.2. The van der Waals surface area contributed by atoms with E-state index in [0.29, 0.717) is 12.2 Å². The van der Waals surface area contributed by atoms with E-state index in [1.807, 2.05) is 12.1 Å². The van der Waals surface area contributed by atoms with Crippen LogP contribution in [0.25, 0.3) is 0 Å². The van der Waals surface area contributed by atoms with Gasteiger partial charge >= 0.3 is 0 Å². The number of hydrogen-bond donors (Lipinski definition) is 2. The first kappa shape index (κ1) is 16.6. The summed E-state index contributed by atoms with van der Waals surface area (Å²) >= 11 is 0. The Balaban J connectivity index is 1.68. The van der Waals surface area contributed by atoms with Gasteiger partial charge in [-0.1, -0.05) is 30.3 Å². The summed E-state index contributed by atoms with van der Waals surface area (Å²) in [4.78, 5) is 16.4. The summed E-state index contributed by atoms with van der Waals surface area (Å²) in [5, 5.41) is 5.93. The molecule has 5 heteroatoms. The molecule has 3 rings (SSSR count). The highest BCUT2D eigenvalue weighted by Gasteiger charge is 2.09. The van der Waals surface area contributed by atoms with E-state index in [1.54, 1.807) is 30.5 Å². The normalized spacial score (nSPS) is 10.3. The maximum absolute atomic E-state index is 13.2. The summed E-state index contributed by atoms with van der Waals surface area (Å²) in [6.45, 7) is 2.71. The highest BCUT2D eigenvalue weighted by molar-refractivity contribution is 6.03. The van der Waals surface area contributed by atoms with Crippen LogP contribution in [0, 0.1) is 12.7 Å². The van der Waals surface area contributed by atoms with Gasteiger partial charge in [0.1, 0.15) is 11.5 Å². The van der Waals surface area contributed by atoms with E-state index in [2.05, 4.69) is 34.7 Å². The Bertz CT molecular complexity index is 895. The molecule has 0 aliphatic rings. The summed E-state index contributed by atoms with van der Waals surface area (Å²) in [6, 6.07) is 17.3. The predicted octanol–water partition coefficient (Wildman–Crippen LogP) is 4.39. The van der Waals surface area contributed by atoms with E-state index < -0.39 is 5.82 Å². The van der Waals surface area contributed by atoms with E-state index in [4.69, 9.17) is 0 Å². The zero-order chi connectivity index (χ0) is 17.6. The van der Waals surface area contributed by atoms with Gasteiger partial charge in [0.2, 0.25) is 0 Å². The monoisotopic (exact) mass is 335 g/mol. The van der Waals surface area contributed by atoms with Gasteiger partial charge in [0.25, 0.3) is 5.91 Å². The van der Waals surface area contributed by atoms with Crippen LogP contribution in [0.3, 0.4) is 0 Å². The molecule has 1 amide bonds. The van der Waals surface area contributed by atoms with Crippen molar-refractivity contribution in [2.45, 2.75) is 13.5 Å². The summed E-state index contributed by atoms with van der Waals surface area (Å²) in [7, 11) is 0. The molecule has 0 aliphatic heterocycles. The number of halogens is 1. The molecule has 0 saturated heterocycles. The molecule has 0 bridgehead atoms. The lowest BCUT2D eigenvalue weighted by Gasteiger charge is -2.10. The zero-order valence-corrected chi connectivity index (χ0v) is 13.8. The lowest BCUT2D eigenvalue weighted by atomic mass is 10.1. The number of hydrogen-bond acceptors (Lipinski definition) is 3. The first-order valence-corrected chi connectivity index (χ1v) is 7.93. The Morgan fingerprint density at radius 3 is 2.68 bits per heavy atom. The summed E-state index contributed by atoms with van der Waals surface area (Å²) in [6.07, 6.45) is 1.57. The van der Waals surface area contributed by atoms with Crippen molar-refractivity contribution >= 4 is 17.3 Å². The molecule has 1 heterocycles. The second-order valence-corrected chi connectivity index (χ2v) is 5.67. The molecular formula is C20H18FN3O. The largest absolute Gasteiger partial charge is 0.381 e. The van der Waals surface area contributed by atoms with Crippen molar-refractivity contribution in [1.29, 1.82) is 0 Å². The molecule has 0 radical (unpaired) electrons. The second-order valence-electron chi connectivity index (χ2n) is 5.67. The Kier molecular flexibility index (Phi) is 5.04. The molecule has 3 aromatic rings. The van der Waals surface area contributed by atoms with Gasteiger partial charge in [0.15, 0.2) is 0 Å². The minimum absolute atomic E-state index is 0.263. The maximum atomic E-state index is 13.2. The van der Waals surface area contributed by atoms with Gasteiger partial charge in [0.05, 0.1) is 0 Å². The lowest BCUT2D eigenvalue weighted by Crippen LogP contribution is -2.14. The van der Waals surface area contributed by atoms with Crippen LogP contribution in [-0.2, 0) is 6.54 Å². The lowest BCUT2D eigenvalue weighted by molar-refractivity contribution is 0.102. The highest BCUT2D eigenvalue weighted by Crippen LogP contribution is 2.15. The van der Waals surface area contributed by atoms with Gasteiger partial charge in [-0.2, -0.15) is 0 Å². The first-order valence-electron chi connectivity index (χ1n) is 7.93. The number of aryl methyl sites for hydroxylation is 1. The van der Waals surface area contributed by atoms with E-state index in [0.717, 1.165) is 5.69 Å². The standard InChI is InChI=1S/C20H18FN3O/c1-14-5-2-3-6-15(14)13-23-17-9-10-22-19(12-17)20(25)24-18-8-4-7-16(21)11-18/h2-12H,13H2,1H3,(H,22,23)(H,24,25). The quantitative estimate of drug-likeness (QED) is 0.727. The predicted molar refractivity (Wildman–Crippen MR) is 97.1 cm³/mol. The Hall–Kier alpha value is -3.21. The molecule has 4 nitrogen and oxygen atoms in total. The fourth-order valence-electron chi connectivity index (χ4n) is 2.43. The molecule has 126 valence electrons. The highest BCUT2D eigenvalue weighted by atomic mass is 19.1. The van der Waals surface area contributed by atoms with Crippen molar-refractivity contribution in [2.24, 2.45) is 0 Å². The van der Waals surface area contributed by atoms with Gasteiger partial charge in [0, 0.05) is 24.1 Å². The fourth-order valence-corrected chi connectivity index (χ4v) is 2.43. The van der Waals surface area contributed by atoms with Crippen molar-refractivity contribution in [2.75, 3.05) is 10.6 Å². The molecule has 25 heavy (non-hydrogen) atoms. The van der Waals surface area contributed by atoms with Gasteiger partial charge in [-0.05, 0) is 48.4 Å². The van der Waals surface area contributed by atoms with Gasteiger partial charge in [-0.3, -0.25) is 9.78 Å². The summed E-state index contributed by atoms with van der Waals surface area (Å²) in [5.74, 6) is -0.787.